The molecule has 19 heavy (non-hydrogen) atoms. The molecule has 0 aliphatic heterocycles. The number of aryl methyl sites for hydroxylation is 2. The van der Waals surface area contributed by atoms with Gasteiger partial charge in [0.2, 0.25) is 0 Å². The van der Waals surface area contributed by atoms with Gasteiger partial charge in [-0.25, -0.2) is 0 Å². The number of amidine groups is 1. The van der Waals surface area contributed by atoms with Gasteiger partial charge in [-0.05, 0) is 54.7 Å². The summed E-state index contributed by atoms with van der Waals surface area (Å²) in [5.74, 6) is 0.0106. The van der Waals surface area contributed by atoms with Gasteiger partial charge in [-0.3, -0.25) is 10.4 Å². The normalized spacial score (nSPS) is 13.3. The summed E-state index contributed by atoms with van der Waals surface area (Å²) in [5, 5.41) is 7.42. The van der Waals surface area contributed by atoms with E-state index in [0.717, 1.165) is 4.90 Å². The van der Waals surface area contributed by atoms with Gasteiger partial charge in [0.1, 0.15) is 11.5 Å². The third kappa shape index (κ3) is 2.63. The van der Waals surface area contributed by atoms with Crippen molar-refractivity contribution in [2.24, 2.45) is 5.73 Å². The Labute approximate surface area is 116 Å². The Morgan fingerprint density at radius 1 is 1.11 bits per heavy atom. The molecule has 1 aromatic heterocycles. The third-order valence-corrected chi connectivity index (χ3v) is 4.29. The Balaban J connectivity index is 1.85. The van der Waals surface area contributed by atoms with Crippen LogP contribution in [0.15, 0.2) is 46.3 Å². The predicted molar refractivity (Wildman–Crippen MR) is 77.8 cm³/mol. The summed E-state index contributed by atoms with van der Waals surface area (Å²) in [6, 6.07) is 10.5. The van der Waals surface area contributed by atoms with Crippen LogP contribution in [0.2, 0.25) is 0 Å². The molecule has 1 aromatic carbocycles. The zero-order valence-corrected chi connectivity index (χ0v) is 11.3. The number of hydrogen-bond acceptors (Lipinski definition) is 3. The molecule has 0 atom stereocenters. The van der Waals surface area contributed by atoms with Crippen LogP contribution in [0.4, 0.5) is 0 Å². The Morgan fingerprint density at radius 3 is 2.74 bits per heavy atom. The van der Waals surface area contributed by atoms with E-state index in [9.17, 15) is 0 Å². The van der Waals surface area contributed by atoms with Crippen LogP contribution in [0.5, 0.6) is 0 Å². The average Bonchev–Trinajstić information content (AvgIpc) is 2.86. The molecule has 0 amide bonds. The molecule has 2 aromatic rings. The third-order valence-electron chi connectivity index (χ3n) is 3.31. The van der Waals surface area contributed by atoms with Crippen LogP contribution in [-0.4, -0.2) is 10.8 Å². The number of fused-ring (bicyclic) bond motifs is 1. The van der Waals surface area contributed by atoms with Crippen molar-refractivity contribution in [1.82, 2.24) is 4.98 Å². The second-order valence-corrected chi connectivity index (χ2v) is 5.82. The lowest BCUT2D eigenvalue weighted by Gasteiger charge is -2.06. The van der Waals surface area contributed by atoms with Gasteiger partial charge in [-0.15, -0.1) is 0 Å². The van der Waals surface area contributed by atoms with Crippen molar-refractivity contribution in [2.45, 2.75) is 29.1 Å². The fourth-order valence-electron chi connectivity index (χ4n) is 2.37. The molecule has 0 spiro atoms. The highest BCUT2D eigenvalue weighted by Crippen LogP contribution is 2.32. The first kappa shape index (κ1) is 12.2. The maximum absolute atomic E-state index is 7.42. The minimum atomic E-state index is 0.0106. The second-order valence-electron chi connectivity index (χ2n) is 4.68. The topological polar surface area (TPSA) is 62.8 Å². The maximum atomic E-state index is 7.42. The van der Waals surface area contributed by atoms with Gasteiger partial charge in [0.15, 0.2) is 0 Å². The number of benzene rings is 1. The van der Waals surface area contributed by atoms with Crippen LogP contribution in [0.3, 0.4) is 0 Å². The summed E-state index contributed by atoms with van der Waals surface area (Å²) in [5.41, 5.74) is 8.96. The summed E-state index contributed by atoms with van der Waals surface area (Å²) < 4.78 is 0. The highest BCUT2D eigenvalue weighted by Gasteiger charge is 2.11. The molecule has 3 nitrogen and oxygen atoms in total. The lowest BCUT2D eigenvalue weighted by molar-refractivity contribution is 0.911. The highest BCUT2D eigenvalue weighted by atomic mass is 32.2. The van der Waals surface area contributed by atoms with E-state index in [4.69, 9.17) is 11.1 Å². The second kappa shape index (κ2) is 5.05. The van der Waals surface area contributed by atoms with Crippen LogP contribution in [0, 0.1) is 5.41 Å². The fraction of sp³-hybridized carbons (Fsp3) is 0.200. The molecule has 0 saturated heterocycles. The van der Waals surface area contributed by atoms with Crippen molar-refractivity contribution in [3.8, 4) is 0 Å². The zero-order valence-electron chi connectivity index (χ0n) is 10.5. The van der Waals surface area contributed by atoms with E-state index in [-0.39, 0.29) is 5.84 Å². The number of hydrogen-bond donors (Lipinski definition) is 2. The minimum absolute atomic E-state index is 0.0106. The lowest BCUT2D eigenvalue weighted by atomic mass is 10.1. The molecule has 0 fully saturated rings. The molecule has 0 bridgehead atoms. The molecule has 1 heterocycles. The Hall–Kier alpha value is -1.81. The Bertz CT molecular complexity index is 637. The molecule has 1 aliphatic rings. The van der Waals surface area contributed by atoms with E-state index in [0.29, 0.717) is 5.69 Å². The monoisotopic (exact) mass is 269 g/mol. The Kier molecular flexibility index (Phi) is 3.25. The van der Waals surface area contributed by atoms with Gasteiger partial charge in [0.05, 0.1) is 0 Å². The van der Waals surface area contributed by atoms with Crippen molar-refractivity contribution in [3.63, 3.8) is 0 Å². The van der Waals surface area contributed by atoms with Gasteiger partial charge in [0, 0.05) is 16.0 Å². The number of nitrogens with zero attached hydrogens (tertiary/aromatic N) is 1. The number of pyridine rings is 1. The van der Waals surface area contributed by atoms with Crippen LogP contribution >= 0.6 is 11.8 Å². The first-order chi connectivity index (χ1) is 9.22. The van der Waals surface area contributed by atoms with Crippen LogP contribution < -0.4 is 5.73 Å². The standard InChI is InChI=1S/C15H15N3S/c16-15(17)14-9-13(6-7-18-14)19-12-5-4-10-2-1-3-11(10)8-12/h4-9H,1-3H2,(H3,16,17). The van der Waals surface area contributed by atoms with Gasteiger partial charge in [0.25, 0.3) is 0 Å². The van der Waals surface area contributed by atoms with Crippen molar-refractivity contribution < 1.29 is 0 Å². The van der Waals surface area contributed by atoms with Crippen molar-refractivity contribution in [2.75, 3.05) is 0 Å². The first-order valence-corrected chi connectivity index (χ1v) is 7.14. The zero-order chi connectivity index (χ0) is 13.2. The molecule has 3 N–H and O–H groups in total. The van der Waals surface area contributed by atoms with Crippen LogP contribution in [0.25, 0.3) is 0 Å². The van der Waals surface area contributed by atoms with E-state index in [2.05, 4.69) is 23.2 Å². The molecular formula is C15H15N3S. The summed E-state index contributed by atoms with van der Waals surface area (Å²) in [7, 11) is 0. The summed E-state index contributed by atoms with van der Waals surface area (Å²) in [6.45, 7) is 0. The first-order valence-electron chi connectivity index (χ1n) is 6.32. The van der Waals surface area contributed by atoms with E-state index >= 15 is 0 Å². The quantitative estimate of drug-likeness (QED) is 0.665. The number of aromatic nitrogens is 1. The van der Waals surface area contributed by atoms with Gasteiger partial charge < -0.3 is 5.73 Å². The van der Waals surface area contributed by atoms with Gasteiger partial charge in [-0.2, -0.15) is 0 Å². The number of rotatable bonds is 3. The average molecular weight is 269 g/mol. The molecule has 3 rings (SSSR count). The summed E-state index contributed by atoms with van der Waals surface area (Å²) in [4.78, 5) is 6.38. The number of nitrogens with one attached hydrogen (secondary N) is 1. The van der Waals surface area contributed by atoms with Gasteiger partial charge in [-0.1, -0.05) is 17.8 Å². The molecule has 0 saturated carbocycles. The van der Waals surface area contributed by atoms with E-state index in [1.807, 2.05) is 12.1 Å². The Morgan fingerprint density at radius 2 is 1.89 bits per heavy atom. The van der Waals surface area contributed by atoms with E-state index < -0.39 is 0 Å². The predicted octanol–water partition coefficient (Wildman–Crippen LogP) is 3.01. The lowest BCUT2D eigenvalue weighted by Crippen LogP contribution is -2.12. The van der Waals surface area contributed by atoms with Crippen molar-refractivity contribution >= 4 is 17.6 Å². The maximum Gasteiger partial charge on any atom is 0.141 e. The number of nitrogen functional groups attached to an aromatic ring is 1. The summed E-state index contributed by atoms with van der Waals surface area (Å²) >= 11 is 1.69. The van der Waals surface area contributed by atoms with Crippen molar-refractivity contribution in [3.05, 3.63) is 53.3 Å². The van der Waals surface area contributed by atoms with Gasteiger partial charge >= 0.3 is 0 Å². The molecule has 0 unspecified atom stereocenters. The largest absolute Gasteiger partial charge is 0.382 e. The highest BCUT2D eigenvalue weighted by molar-refractivity contribution is 7.99. The van der Waals surface area contributed by atoms with Crippen LogP contribution in [0.1, 0.15) is 23.2 Å². The van der Waals surface area contributed by atoms with E-state index in [1.54, 1.807) is 18.0 Å². The molecule has 1 aliphatic carbocycles. The molecule has 4 heteroatoms. The van der Waals surface area contributed by atoms with E-state index in [1.165, 1.54) is 35.3 Å². The molecule has 0 radical (unpaired) electrons. The number of nitrogens with two attached hydrogens (primary N) is 1. The minimum Gasteiger partial charge on any atom is -0.382 e. The van der Waals surface area contributed by atoms with Crippen molar-refractivity contribution in [1.29, 1.82) is 5.41 Å². The smallest absolute Gasteiger partial charge is 0.141 e. The molecule has 96 valence electrons. The van der Waals surface area contributed by atoms with Crippen LogP contribution in [-0.2, 0) is 12.8 Å². The molecular weight excluding hydrogens is 254 g/mol. The fourth-order valence-corrected chi connectivity index (χ4v) is 3.28. The summed E-state index contributed by atoms with van der Waals surface area (Å²) in [6.07, 6.45) is 5.38. The SMILES string of the molecule is N=C(N)c1cc(Sc2ccc3c(c2)CCC3)ccn1.